The van der Waals surface area contributed by atoms with Gasteiger partial charge in [0.25, 0.3) is 5.91 Å². The van der Waals surface area contributed by atoms with Crippen molar-refractivity contribution in [1.82, 2.24) is 5.32 Å². The van der Waals surface area contributed by atoms with Crippen molar-refractivity contribution < 1.29 is 9.59 Å². The topological polar surface area (TPSA) is 49.4 Å². The van der Waals surface area contributed by atoms with Crippen molar-refractivity contribution in [2.24, 2.45) is 0 Å². The van der Waals surface area contributed by atoms with E-state index in [-0.39, 0.29) is 24.3 Å². The second kappa shape index (κ2) is 10.1. The van der Waals surface area contributed by atoms with Gasteiger partial charge in [-0.3, -0.25) is 9.59 Å². The Morgan fingerprint density at radius 1 is 0.867 bits per heavy atom. The monoisotopic (exact) mass is 420 g/mol. The molecule has 0 aromatic heterocycles. The second-order valence-corrected chi connectivity index (χ2v) is 7.72. The summed E-state index contributed by atoms with van der Waals surface area (Å²) in [4.78, 5) is 27.9. The van der Waals surface area contributed by atoms with E-state index in [4.69, 9.17) is 11.6 Å². The lowest BCUT2D eigenvalue weighted by atomic mass is 10.0. The minimum absolute atomic E-state index is 0.0180. The predicted molar refractivity (Wildman–Crippen MR) is 122 cm³/mol. The van der Waals surface area contributed by atoms with Crippen LogP contribution in [-0.4, -0.2) is 17.9 Å². The third-order valence-electron chi connectivity index (χ3n) is 4.82. The normalized spacial score (nSPS) is 11.7. The zero-order valence-corrected chi connectivity index (χ0v) is 17.8. The molecular weight excluding hydrogens is 396 g/mol. The summed E-state index contributed by atoms with van der Waals surface area (Å²) in [6, 6.07) is 25.5. The molecule has 4 nitrogen and oxygen atoms in total. The minimum Gasteiger partial charge on any atom is -0.345 e. The van der Waals surface area contributed by atoms with Gasteiger partial charge in [-0.15, -0.1) is 0 Å². The van der Waals surface area contributed by atoms with E-state index in [1.54, 1.807) is 29.2 Å². The molecule has 154 valence electrons. The number of anilines is 1. The van der Waals surface area contributed by atoms with Gasteiger partial charge >= 0.3 is 0 Å². The van der Waals surface area contributed by atoms with Gasteiger partial charge in [0.2, 0.25) is 5.91 Å². The van der Waals surface area contributed by atoms with Crippen molar-refractivity contribution in [2.75, 3.05) is 4.90 Å². The fourth-order valence-electron chi connectivity index (χ4n) is 3.41. The molecule has 0 spiro atoms. The van der Waals surface area contributed by atoms with E-state index in [9.17, 15) is 9.59 Å². The highest BCUT2D eigenvalue weighted by atomic mass is 35.5. The SMILES string of the molecule is CC(C)N(C(=O)CC(NC(=O)c1ccccc1Cl)c1ccccc1)c1ccccc1. The Morgan fingerprint density at radius 2 is 1.43 bits per heavy atom. The quantitative estimate of drug-likeness (QED) is 0.537. The number of halogens is 1. The molecule has 0 heterocycles. The van der Waals surface area contributed by atoms with E-state index in [1.807, 2.05) is 74.5 Å². The maximum absolute atomic E-state index is 13.3. The van der Waals surface area contributed by atoms with Crippen LogP contribution in [0.3, 0.4) is 0 Å². The van der Waals surface area contributed by atoms with E-state index in [0.717, 1.165) is 11.3 Å². The van der Waals surface area contributed by atoms with Gasteiger partial charge in [-0.2, -0.15) is 0 Å². The molecule has 0 bridgehead atoms. The Hall–Kier alpha value is -3.11. The number of nitrogens with zero attached hydrogens (tertiary/aromatic N) is 1. The van der Waals surface area contributed by atoms with Crippen LogP contribution in [0.5, 0.6) is 0 Å². The number of carbonyl (C=O) groups is 2. The smallest absolute Gasteiger partial charge is 0.253 e. The molecule has 0 aliphatic heterocycles. The number of amides is 2. The molecule has 0 saturated carbocycles. The van der Waals surface area contributed by atoms with Crippen LogP contribution < -0.4 is 10.2 Å². The number of rotatable bonds is 7. The zero-order chi connectivity index (χ0) is 21.5. The summed E-state index contributed by atoms with van der Waals surface area (Å²) in [5.41, 5.74) is 2.08. The second-order valence-electron chi connectivity index (χ2n) is 7.31. The van der Waals surface area contributed by atoms with Crippen LogP contribution >= 0.6 is 11.6 Å². The molecule has 0 fully saturated rings. The maximum Gasteiger partial charge on any atom is 0.253 e. The highest BCUT2D eigenvalue weighted by molar-refractivity contribution is 6.33. The first kappa shape index (κ1) is 21.6. The van der Waals surface area contributed by atoms with Gasteiger partial charge in [-0.25, -0.2) is 0 Å². The van der Waals surface area contributed by atoms with E-state index >= 15 is 0 Å². The van der Waals surface area contributed by atoms with Crippen molar-refractivity contribution >= 4 is 29.1 Å². The number of nitrogens with one attached hydrogen (secondary N) is 1. The first-order chi connectivity index (χ1) is 14.5. The predicted octanol–water partition coefficient (Wildman–Crippen LogP) is 5.64. The van der Waals surface area contributed by atoms with Crippen LogP contribution in [0.25, 0.3) is 0 Å². The molecule has 30 heavy (non-hydrogen) atoms. The van der Waals surface area contributed by atoms with Gasteiger partial charge in [0.05, 0.1) is 23.0 Å². The summed E-state index contributed by atoms with van der Waals surface area (Å²) < 4.78 is 0. The Labute approximate surface area is 182 Å². The highest BCUT2D eigenvalue weighted by Crippen LogP contribution is 2.24. The molecule has 0 aliphatic rings. The van der Waals surface area contributed by atoms with Gasteiger partial charge in [0, 0.05) is 11.7 Å². The summed E-state index contributed by atoms with van der Waals surface area (Å²) in [5, 5.41) is 3.37. The van der Waals surface area contributed by atoms with Gasteiger partial charge < -0.3 is 10.2 Å². The average Bonchev–Trinajstić information content (AvgIpc) is 2.74. The largest absolute Gasteiger partial charge is 0.345 e. The molecule has 0 radical (unpaired) electrons. The standard InChI is InChI=1S/C25H25ClN2O2/c1-18(2)28(20-13-7-4-8-14-20)24(29)17-23(19-11-5-3-6-12-19)27-25(30)21-15-9-10-16-22(21)26/h3-16,18,23H,17H2,1-2H3,(H,27,30). The lowest BCUT2D eigenvalue weighted by molar-refractivity contribution is -0.119. The van der Waals surface area contributed by atoms with Crippen LogP contribution in [0, 0.1) is 0 Å². The summed E-state index contributed by atoms with van der Waals surface area (Å²) in [6.07, 6.45) is 0.132. The molecule has 2 amide bonds. The summed E-state index contributed by atoms with van der Waals surface area (Å²) >= 11 is 6.19. The number of benzene rings is 3. The molecule has 1 unspecified atom stereocenters. The maximum atomic E-state index is 13.3. The highest BCUT2D eigenvalue weighted by Gasteiger charge is 2.25. The fraction of sp³-hybridized carbons (Fsp3) is 0.200. The Bertz CT molecular complexity index is 990. The van der Waals surface area contributed by atoms with E-state index < -0.39 is 6.04 Å². The lowest BCUT2D eigenvalue weighted by Crippen LogP contribution is -2.40. The average molecular weight is 421 g/mol. The molecule has 5 heteroatoms. The first-order valence-corrected chi connectivity index (χ1v) is 10.3. The molecule has 0 saturated heterocycles. The van der Waals surface area contributed by atoms with Crippen LogP contribution in [0.15, 0.2) is 84.9 Å². The minimum atomic E-state index is -0.479. The number of carbonyl (C=O) groups excluding carboxylic acids is 2. The number of hydrogen-bond donors (Lipinski definition) is 1. The Morgan fingerprint density at radius 3 is 2.03 bits per heavy atom. The van der Waals surface area contributed by atoms with Gasteiger partial charge in [-0.05, 0) is 43.7 Å². The van der Waals surface area contributed by atoms with Crippen molar-refractivity contribution in [1.29, 1.82) is 0 Å². The third-order valence-corrected chi connectivity index (χ3v) is 5.15. The van der Waals surface area contributed by atoms with Crippen LogP contribution in [0.1, 0.15) is 42.2 Å². The van der Waals surface area contributed by atoms with Gasteiger partial charge in [-0.1, -0.05) is 72.3 Å². The van der Waals surface area contributed by atoms with Crippen molar-refractivity contribution in [3.05, 3.63) is 101 Å². The molecule has 3 rings (SSSR count). The number of hydrogen-bond acceptors (Lipinski definition) is 2. The zero-order valence-electron chi connectivity index (χ0n) is 17.1. The fourth-order valence-corrected chi connectivity index (χ4v) is 3.63. The molecule has 3 aromatic carbocycles. The van der Waals surface area contributed by atoms with Crippen LogP contribution in [-0.2, 0) is 4.79 Å². The van der Waals surface area contributed by atoms with Crippen molar-refractivity contribution in [3.63, 3.8) is 0 Å². The van der Waals surface area contributed by atoms with Gasteiger partial charge in [0.1, 0.15) is 0 Å². The summed E-state index contributed by atoms with van der Waals surface area (Å²) in [5.74, 6) is -0.373. The summed E-state index contributed by atoms with van der Waals surface area (Å²) in [6.45, 7) is 3.95. The molecule has 0 aliphatic carbocycles. The Balaban J connectivity index is 1.87. The molecule has 1 N–H and O–H groups in total. The summed E-state index contributed by atoms with van der Waals surface area (Å²) in [7, 11) is 0. The Kier molecular flexibility index (Phi) is 7.26. The van der Waals surface area contributed by atoms with Crippen LogP contribution in [0.4, 0.5) is 5.69 Å². The number of para-hydroxylation sites is 1. The van der Waals surface area contributed by atoms with Crippen molar-refractivity contribution in [3.8, 4) is 0 Å². The van der Waals surface area contributed by atoms with E-state index in [0.29, 0.717) is 10.6 Å². The molecule has 1 atom stereocenters. The third kappa shape index (κ3) is 5.28. The van der Waals surface area contributed by atoms with Crippen LogP contribution in [0.2, 0.25) is 5.02 Å². The van der Waals surface area contributed by atoms with Gasteiger partial charge in [0.15, 0.2) is 0 Å². The first-order valence-electron chi connectivity index (χ1n) is 9.95. The lowest BCUT2D eigenvalue weighted by Gasteiger charge is -2.29. The van der Waals surface area contributed by atoms with E-state index in [1.165, 1.54) is 0 Å². The molecule has 3 aromatic rings. The molecular formula is C25H25ClN2O2. The van der Waals surface area contributed by atoms with E-state index in [2.05, 4.69) is 5.32 Å². The van der Waals surface area contributed by atoms with Crippen molar-refractivity contribution in [2.45, 2.75) is 32.4 Å².